The van der Waals surface area contributed by atoms with Crippen molar-refractivity contribution in [3.63, 3.8) is 0 Å². The molecule has 1 aromatic heterocycles. The molecule has 0 saturated carbocycles. The van der Waals surface area contributed by atoms with Gasteiger partial charge in [-0.1, -0.05) is 64.0 Å². The van der Waals surface area contributed by atoms with E-state index in [9.17, 15) is 23.5 Å². The highest BCUT2D eigenvalue weighted by Crippen LogP contribution is 2.42. The fourth-order valence-electron chi connectivity index (χ4n) is 4.12. The number of hydrogen-bond acceptors (Lipinski definition) is 7. The molecule has 1 saturated heterocycles. The Morgan fingerprint density at radius 1 is 1.14 bits per heavy atom. The summed E-state index contributed by atoms with van der Waals surface area (Å²) in [7, 11) is 0. The molecule has 36 heavy (non-hydrogen) atoms. The van der Waals surface area contributed by atoms with Crippen LogP contribution in [0.2, 0.25) is 0 Å². The summed E-state index contributed by atoms with van der Waals surface area (Å²) < 4.78 is 39.8. The van der Waals surface area contributed by atoms with E-state index in [0.717, 1.165) is 38.3 Å². The number of carbonyl (C=O) groups excluding carboxylic acids is 1. The number of nitrogens with zero attached hydrogens (tertiary/aromatic N) is 2. The van der Waals surface area contributed by atoms with Gasteiger partial charge in [0, 0.05) is 12.6 Å². The fraction of sp³-hybridized carbons (Fsp3) is 0.731. The molecule has 10 heteroatoms. The van der Waals surface area contributed by atoms with Crippen LogP contribution >= 0.6 is 0 Å². The Morgan fingerprint density at radius 2 is 1.75 bits per heavy atom. The van der Waals surface area contributed by atoms with Gasteiger partial charge in [0.15, 0.2) is 6.10 Å². The van der Waals surface area contributed by atoms with E-state index in [0.29, 0.717) is 11.0 Å². The van der Waals surface area contributed by atoms with Crippen LogP contribution in [-0.4, -0.2) is 45.4 Å². The average molecular weight is 514 g/mol. The summed E-state index contributed by atoms with van der Waals surface area (Å²) in [5.74, 6) is -4.44. The zero-order valence-electron chi connectivity index (χ0n) is 21.2. The number of hydrogen-bond donors (Lipinski definition) is 2. The van der Waals surface area contributed by atoms with Crippen molar-refractivity contribution in [3.05, 3.63) is 34.9 Å². The van der Waals surface area contributed by atoms with E-state index in [4.69, 9.17) is 15.2 Å². The number of ether oxygens (including phenoxy) is 2. The van der Waals surface area contributed by atoms with Gasteiger partial charge >= 0.3 is 17.6 Å². The first-order valence-corrected chi connectivity index (χ1v) is 13.1. The van der Waals surface area contributed by atoms with E-state index >= 15 is 0 Å². The molecule has 0 spiro atoms. The van der Waals surface area contributed by atoms with Crippen molar-refractivity contribution in [2.24, 2.45) is 0 Å². The van der Waals surface area contributed by atoms with Gasteiger partial charge in [0.05, 0.1) is 0 Å². The largest absolute Gasteiger partial charge is 0.463 e. The first kappa shape index (κ1) is 29.9. The van der Waals surface area contributed by atoms with Crippen molar-refractivity contribution < 1.29 is 28.2 Å². The second kappa shape index (κ2) is 15.7. The lowest BCUT2D eigenvalue weighted by Crippen LogP contribution is -2.42. The number of aromatic nitrogens is 2. The number of rotatable bonds is 17. The average Bonchev–Trinajstić information content (AvgIpc) is 3.06. The predicted molar refractivity (Wildman–Crippen MR) is 134 cm³/mol. The molecule has 1 aliphatic heterocycles. The van der Waals surface area contributed by atoms with Gasteiger partial charge in [-0.25, -0.2) is 4.79 Å². The molecule has 0 aliphatic carbocycles. The number of anilines is 1. The van der Waals surface area contributed by atoms with Crippen molar-refractivity contribution in [1.82, 2.24) is 9.55 Å². The molecule has 3 N–H and O–H groups in total. The van der Waals surface area contributed by atoms with E-state index in [1.54, 1.807) is 0 Å². The molecular weight excluding hydrogens is 472 g/mol. The molecule has 2 rings (SSSR count). The molecule has 1 fully saturated rings. The molecule has 1 aliphatic rings. The van der Waals surface area contributed by atoms with Crippen LogP contribution in [0.3, 0.4) is 0 Å². The summed E-state index contributed by atoms with van der Waals surface area (Å²) in [6.45, 7) is 1.69. The van der Waals surface area contributed by atoms with Crippen LogP contribution in [0.5, 0.6) is 0 Å². The number of unbranched alkanes of at least 4 members (excludes halogenated alkanes) is 10. The molecular formula is C26H41F2N3O5. The SMILES string of the molecule is CCCCCCCC/C=C/CCCCCCC(=O)OC[C@H]1O[C@@H](n2ccc(N)nc2=O)C(F)(F)[C@@H]1O. The minimum absolute atomic E-state index is 0.122. The van der Waals surface area contributed by atoms with Crippen LogP contribution in [0.1, 0.15) is 96.6 Å². The first-order valence-electron chi connectivity index (χ1n) is 13.1. The number of allylic oxidation sites excluding steroid dienone is 2. The molecule has 2 heterocycles. The van der Waals surface area contributed by atoms with Crippen LogP contribution in [0.25, 0.3) is 0 Å². The number of halogens is 2. The van der Waals surface area contributed by atoms with Gasteiger partial charge in [0.25, 0.3) is 0 Å². The summed E-state index contributed by atoms with van der Waals surface area (Å²) in [5, 5.41) is 9.98. The van der Waals surface area contributed by atoms with Gasteiger partial charge in [0.2, 0.25) is 6.23 Å². The number of esters is 1. The fourth-order valence-corrected chi connectivity index (χ4v) is 4.12. The Kier molecular flexibility index (Phi) is 13.0. The van der Waals surface area contributed by atoms with E-state index in [2.05, 4.69) is 24.1 Å². The van der Waals surface area contributed by atoms with Crippen LogP contribution in [0, 0.1) is 0 Å². The maximum absolute atomic E-state index is 14.5. The molecule has 0 unspecified atom stereocenters. The number of nitrogen functional groups attached to an aromatic ring is 1. The molecule has 1 aromatic rings. The quantitative estimate of drug-likeness (QED) is 0.173. The molecule has 0 amide bonds. The van der Waals surface area contributed by atoms with Gasteiger partial charge in [-0.2, -0.15) is 13.8 Å². The van der Waals surface area contributed by atoms with Crippen molar-refractivity contribution in [3.8, 4) is 0 Å². The molecule has 0 bridgehead atoms. The van der Waals surface area contributed by atoms with Gasteiger partial charge in [-0.15, -0.1) is 0 Å². The lowest BCUT2D eigenvalue weighted by molar-refractivity contribution is -0.150. The second-order valence-corrected chi connectivity index (χ2v) is 9.35. The highest BCUT2D eigenvalue weighted by molar-refractivity contribution is 5.69. The van der Waals surface area contributed by atoms with Crippen LogP contribution in [0.4, 0.5) is 14.6 Å². The molecule has 0 aromatic carbocycles. The summed E-state index contributed by atoms with van der Waals surface area (Å²) in [6.07, 6.45) is 13.4. The minimum atomic E-state index is -3.78. The van der Waals surface area contributed by atoms with E-state index < -0.39 is 42.6 Å². The maximum Gasteiger partial charge on any atom is 0.351 e. The third-order valence-electron chi connectivity index (χ3n) is 6.28. The lowest BCUT2D eigenvalue weighted by atomic mass is 10.1. The predicted octanol–water partition coefficient (Wildman–Crippen LogP) is 4.91. The topological polar surface area (TPSA) is 117 Å². The molecule has 204 valence electrons. The Hall–Kier alpha value is -2.33. The van der Waals surface area contributed by atoms with Crippen molar-refractivity contribution >= 4 is 11.8 Å². The Balaban J connectivity index is 1.57. The van der Waals surface area contributed by atoms with E-state index in [1.807, 2.05) is 0 Å². The second-order valence-electron chi connectivity index (χ2n) is 9.35. The normalized spacial score (nSPS) is 21.3. The zero-order chi connectivity index (χ0) is 26.4. The van der Waals surface area contributed by atoms with Gasteiger partial charge in [-0.05, 0) is 38.2 Å². The Labute approximate surface area is 211 Å². The smallest absolute Gasteiger partial charge is 0.351 e. The number of aliphatic hydroxyl groups excluding tert-OH is 1. The van der Waals surface area contributed by atoms with Crippen molar-refractivity contribution in [2.75, 3.05) is 12.3 Å². The van der Waals surface area contributed by atoms with Crippen LogP contribution < -0.4 is 11.4 Å². The molecule has 8 nitrogen and oxygen atoms in total. The summed E-state index contributed by atoms with van der Waals surface area (Å²) >= 11 is 0. The van der Waals surface area contributed by atoms with Crippen molar-refractivity contribution in [2.45, 2.75) is 115 Å². The van der Waals surface area contributed by atoms with Crippen LogP contribution in [-0.2, 0) is 14.3 Å². The third-order valence-corrected chi connectivity index (χ3v) is 6.28. The lowest BCUT2D eigenvalue weighted by Gasteiger charge is -2.20. The molecule has 3 atom stereocenters. The summed E-state index contributed by atoms with van der Waals surface area (Å²) in [6, 6.07) is 1.17. The van der Waals surface area contributed by atoms with Gasteiger partial charge in [0.1, 0.15) is 18.5 Å². The number of nitrogens with two attached hydrogens (primary N) is 1. The summed E-state index contributed by atoms with van der Waals surface area (Å²) in [4.78, 5) is 27.3. The van der Waals surface area contributed by atoms with Gasteiger partial charge < -0.3 is 20.3 Å². The van der Waals surface area contributed by atoms with E-state index in [-0.39, 0.29) is 12.2 Å². The van der Waals surface area contributed by atoms with E-state index in [1.165, 1.54) is 44.6 Å². The zero-order valence-corrected chi connectivity index (χ0v) is 21.2. The summed E-state index contributed by atoms with van der Waals surface area (Å²) in [5.41, 5.74) is 4.35. The highest BCUT2D eigenvalue weighted by Gasteiger charge is 2.60. The standard InChI is InChI=1S/C26H41F2N3O5/c1-2-3-4-5-6-7-8-9-10-11-12-13-14-15-16-22(32)35-19-20-23(33)26(27,28)24(36-20)31-18-17-21(29)30-25(31)34/h9-10,17-18,20,23-24,33H,2-8,11-16,19H2,1H3,(H2,29,30,34)/b10-9+/t20-,23-,24-/m1/s1. The highest BCUT2D eigenvalue weighted by atomic mass is 19.3. The molecule has 0 radical (unpaired) electrons. The Bertz CT molecular complexity index is 877. The van der Waals surface area contributed by atoms with Crippen LogP contribution in [0.15, 0.2) is 29.2 Å². The third kappa shape index (κ3) is 9.61. The minimum Gasteiger partial charge on any atom is -0.463 e. The van der Waals surface area contributed by atoms with Gasteiger partial charge in [-0.3, -0.25) is 9.36 Å². The van der Waals surface area contributed by atoms with Crippen molar-refractivity contribution in [1.29, 1.82) is 0 Å². The maximum atomic E-state index is 14.5. The number of aliphatic hydroxyl groups is 1. The monoisotopic (exact) mass is 513 g/mol. The Morgan fingerprint density at radius 3 is 2.39 bits per heavy atom. The number of alkyl halides is 2. The first-order chi connectivity index (χ1) is 17.3. The number of carbonyl (C=O) groups is 1.